The molecule has 1 aromatic heterocycles. The average molecular weight is 228 g/mol. The highest BCUT2D eigenvalue weighted by molar-refractivity contribution is 7.80. The van der Waals surface area contributed by atoms with Crippen LogP contribution in [0, 0.1) is 6.92 Å². The Hall–Kier alpha value is -0.670. The SMILES string of the molecule is Cc1cc(Cl)cc2c(CCS)noc12. The van der Waals surface area contributed by atoms with Gasteiger partial charge < -0.3 is 4.52 Å². The van der Waals surface area contributed by atoms with E-state index in [0.29, 0.717) is 0 Å². The smallest absolute Gasteiger partial charge is 0.170 e. The molecule has 0 aliphatic carbocycles. The van der Waals surface area contributed by atoms with Gasteiger partial charge in [-0.1, -0.05) is 16.8 Å². The summed E-state index contributed by atoms with van der Waals surface area (Å²) in [5.41, 5.74) is 2.78. The molecule has 0 saturated heterocycles. The van der Waals surface area contributed by atoms with E-state index in [2.05, 4.69) is 17.8 Å². The average Bonchev–Trinajstić information content (AvgIpc) is 2.49. The normalized spacial score (nSPS) is 11.1. The molecule has 74 valence electrons. The summed E-state index contributed by atoms with van der Waals surface area (Å²) in [6, 6.07) is 3.76. The molecule has 4 heteroatoms. The number of aromatic nitrogens is 1. The minimum absolute atomic E-state index is 0.721. The molecule has 1 aromatic carbocycles. The van der Waals surface area contributed by atoms with Crippen LogP contribution in [0.25, 0.3) is 11.0 Å². The van der Waals surface area contributed by atoms with Gasteiger partial charge in [-0.15, -0.1) is 0 Å². The van der Waals surface area contributed by atoms with Gasteiger partial charge in [-0.2, -0.15) is 12.6 Å². The molecule has 2 rings (SSSR count). The first-order valence-corrected chi connectivity index (χ1v) is 5.38. The number of aryl methyl sites for hydroxylation is 2. The predicted octanol–water partition coefficient (Wildman–Crippen LogP) is 3.26. The Morgan fingerprint density at radius 3 is 3.00 bits per heavy atom. The highest BCUT2D eigenvalue weighted by Gasteiger charge is 2.10. The number of hydrogen-bond acceptors (Lipinski definition) is 3. The van der Waals surface area contributed by atoms with Gasteiger partial charge in [-0.3, -0.25) is 0 Å². The van der Waals surface area contributed by atoms with Crippen LogP contribution in [-0.4, -0.2) is 10.9 Å². The monoisotopic (exact) mass is 227 g/mol. The van der Waals surface area contributed by atoms with E-state index in [1.165, 1.54) is 0 Å². The van der Waals surface area contributed by atoms with Crippen LogP contribution in [0.2, 0.25) is 5.02 Å². The van der Waals surface area contributed by atoms with E-state index in [-0.39, 0.29) is 0 Å². The van der Waals surface area contributed by atoms with Crippen LogP contribution in [0.4, 0.5) is 0 Å². The zero-order chi connectivity index (χ0) is 10.1. The molecule has 0 unspecified atom stereocenters. The largest absolute Gasteiger partial charge is 0.356 e. The molecule has 0 spiro atoms. The summed E-state index contributed by atoms with van der Waals surface area (Å²) in [6.07, 6.45) is 0.801. The Morgan fingerprint density at radius 1 is 1.50 bits per heavy atom. The van der Waals surface area contributed by atoms with Crippen LogP contribution in [-0.2, 0) is 6.42 Å². The summed E-state index contributed by atoms with van der Waals surface area (Å²) < 4.78 is 5.24. The van der Waals surface area contributed by atoms with Crippen molar-refractivity contribution in [1.29, 1.82) is 0 Å². The van der Waals surface area contributed by atoms with Crippen LogP contribution in [0.3, 0.4) is 0 Å². The molecular weight excluding hydrogens is 218 g/mol. The van der Waals surface area contributed by atoms with E-state index in [1.807, 2.05) is 19.1 Å². The van der Waals surface area contributed by atoms with E-state index in [4.69, 9.17) is 16.1 Å². The van der Waals surface area contributed by atoms with Gasteiger partial charge in [-0.05, 0) is 30.4 Å². The number of halogens is 1. The topological polar surface area (TPSA) is 26.0 Å². The van der Waals surface area contributed by atoms with Crippen molar-refractivity contribution in [3.63, 3.8) is 0 Å². The van der Waals surface area contributed by atoms with Crippen molar-refractivity contribution in [2.24, 2.45) is 0 Å². The summed E-state index contributed by atoms with van der Waals surface area (Å²) in [5.74, 6) is 0.757. The second-order valence-electron chi connectivity index (χ2n) is 3.20. The Labute approximate surface area is 92.6 Å². The number of thiol groups is 1. The van der Waals surface area contributed by atoms with Crippen molar-refractivity contribution in [2.45, 2.75) is 13.3 Å². The Bertz CT molecular complexity index is 466. The third-order valence-electron chi connectivity index (χ3n) is 2.15. The molecule has 14 heavy (non-hydrogen) atoms. The molecule has 0 amide bonds. The lowest BCUT2D eigenvalue weighted by molar-refractivity contribution is 0.446. The molecule has 0 fully saturated rings. The molecular formula is C10H10ClNOS. The van der Waals surface area contributed by atoms with Crippen molar-refractivity contribution in [3.05, 3.63) is 28.4 Å². The molecule has 2 nitrogen and oxygen atoms in total. The minimum Gasteiger partial charge on any atom is -0.356 e. The third kappa shape index (κ3) is 1.62. The quantitative estimate of drug-likeness (QED) is 0.797. The van der Waals surface area contributed by atoms with E-state index in [0.717, 1.165) is 39.4 Å². The fourth-order valence-electron chi connectivity index (χ4n) is 1.50. The van der Waals surface area contributed by atoms with E-state index in [9.17, 15) is 0 Å². The second-order valence-corrected chi connectivity index (χ2v) is 4.09. The van der Waals surface area contributed by atoms with Gasteiger partial charge in [0.2, 0.25) is 0 Å². The summed E-state index contributed by atoms with van der Waals surface area (Å²) in [4.78, 5) is 0. The highest BCUT2D eigenvalue weighted by Crippen LogP contribution is 2.26. The van der Waals surface area contributed by atoms with Gasteiger partial charge in [0.15, 0.2) is 5.58 Å². The Balaban J connectivity index is 2.66. The van der Waals surface area contributed by atoms with Crippen LogP contribution in [0.1, 0.15) is 11.3 Å². The van der Waals surface area contributed by atoms with Crippen molar-refractivity contribution < 1.29 is 4.52 Å². The molecule has 0 aliphatic rings. The summed E-state index contributed by atoms with van der Waals surface area (Å²) in [5, 5.41) is 5.73. The zero-order valence-corrected chi connectivity index (χ0v) is 9.40. The lowest BCUT2D eigenvalue weighted by atomic mass is 10.1. The molecule has 0 aliphatic heterocycles. The van der Waals surface area contributed by atoms with E-state index < -0.39 is 0 Å². The molecule has 1 heterocycles. The van der Waals surface area contributed by atoms with Gasteiger partial charge in [-0.25, -0.2) is 0 Å². The van der Waals surface area contributed by atoms with Gasteiger partial charge >= 0.3 is 0 Å². The summed E-state index contributed by atoms with van der Waals surface area (Å²) in [6.45, 7) is 1.96. The van der Waals surface area contributed by atoms with Gasteiger partial charge in [0, 0.05) is 16.8 Å². The van der Waals surface area contributed by atoms with Crippen LogP contribution in [0.5, 0.6) is 0 Å². The lowest BCUT2D eigenvalue weighted by Crippen LogP contribution is -1.86. The number of rotatable bonds is 2. The Kier molecular flexibility index (Phi) is 2.70. The van der Waals surface area contributed by atoms with Crippen LogP contribution >= 0.6 is 24.2 Å². The zero-order valence-electron chi connectivity index (χ0n) is 7.75. The molecule has 2 aromatic rings. The molecule has 0 radical (unpaired) electrons. The second kappa shape index (κ2) is 3.83. The van der Waals surface area contributed by atoms with E-state index >= 15 is 0 Å². The maximum atomic E-state index is 5.96. The first-order valence-electron chi connectivity index (χ1n) is 4.37. The molecule has 0 atom stereocenters. The summed E-state index contributed by atoms with van der Waals surface area (Å²) in [7, 11) is 0. The van der Waals surface area contributed by atoms with E-state index in [1.54, 1.807) is 0 Å². The maximum absolute atomic E-state index is 5.96. The molecule has 0 N–H and O–H groups in total. The maximum Gasteiger partial charge on any atom is 0.170 e. The van der Waals surface area contributed by atoms with Crippen molar-refractivity contribution in [2.75, 3.05) is 5.75 Å². The number of benzene rings is 1. The third-order valence-corrected chi connectivity index (χ3v) is 2.59. The molecule has 0 saturated carbocycles. The van der Waals surface area contributed by atoms with Gasteiger partial charge in [0.25, 0.3) is 0 Å². The molecule has 0 bridgehead atoms. The predicted molar refractivity (Wildman–Crippen MR) is 61.3 cm³/mol. The standard InChI is InChI=1S/C10H10ClNOS/c1-6-4-7(11)5-8-9(2-3-14)12-13-10(6)8/h4-5,14H,2-3H2,1H3. The van der Waals surface area contributed by atoms with Crippen LogP contribution in [0.15, 0.2) is 16.7 Å². The van der Waals surface area contributed by atoms with Crippen molar-refractivity contribution >= 4 is 35.2 Å². The van der Waals surface area contributed by atoms with Crippen LogP contribution < -0.4 is 0 Å². The fourth-order valence-corrected chi connectivity index (χ4v) is 1.99. The Morgan fingerprint density at radius 2 is 2.29 bits per heavy atom. The first kappa shape index (κ1) is 9.87. The van der Waals surface area contributed by atoms with Crippen molar-refractivity contribution in [3.8, 4) is 0 Å². The highest BCUT2D eigenvalue weighted by atomic mass is 35.5. The fraction of sp³-hybridized carbons (Fsp3) is 0.300. The van der Waals surface area contributed by atoms with Gasteiger partial charge in [0.05, 0.1) is 5.69 Å². The van der Waals surface area contributed by atoms with Crippen molar-refractivity contribution in [1.82, 2.24) is 5.16 Å². The number of fused-ring (bicyclic) bond motifs is 1. The summed E-state index contributed by atoms with van der Waals surface area (Å²) >= 11 is 10.1. The van der Waals surface area contributed by atoms with Gasteiger partial charge in [0.1, 0.15) is 0 Å². The minimum atomic E-state index is 0.721. The first-order chi connectivity index (χ1) is 6.72. The number of hydrogen-bond donors (Lipinski definition) is 1. The number of nitrogens with zero attached hydrogens (tertiary/aromatic N) is 1. The lowest BCUT2D eigenvalue weighted by Gasteiger charge is -1.96.